The average molecular weight is 296 g/mol. The normalized spacial score (nSPS) is 24.9. The van der Waals surface area contributed by atoms with Crippen molar-refractivity contribution in [2.24, 2.45) is 0 Å². The first-order valence-corrected chi connectivity index (χ1v) is 8.51. The van der Waals surface area contributed by atoms with Gasteiger partial charge < -0.3 is 5.32 Å². The van der Waals surface area contributed by atoms with E-state index in [9.17, 15) is 8.42 Å². The van der Waals surface area contributed by atoms with Gasteiger partial charge in [-0.15, -0.1) is 0 Å². The van der Waals surface area contributed by atoms with E-state index in [0.717, 1.165) is 16.7 Å². The second-order valence-electron chi connectivity index (χ2n) is 5.92. The largest absolute Gasteiger partial charge is 0.314 e. The first kappa shape index (κ1) is 15.5. The standard InChI is InChI=1S/C15H24N2O2S/c1-10-6-11(2)15(12(3)7-10)20(18,19)17-13(4)8-16-9-14(17)5/h6-7,13-14,16H,8-9H2,1-5H3. The lowest BCUT2D eigenvalue weighted by Crippen LogP contribution is -2.57. The molecule has 5 heteroatoms. The van der Waals surface area contributed by atoms with Crippen LogP contribution in [-0.2, 0) is 10.0 Å². The zero-order valence-electron chi connectivity index (χ0n) is 12.9. The fourth-order valence-corrected chi connectivity index (χ4v) is 5.51. The summed E-state index contributed by atoms with van der Waals surface area (Å²) in [5.74, 6) is 0. The van der Waals surface area contributed by atoms with Crippen LogP contribution in [0.2, 0.25) is 0 Å². The van der Waals surface area contributed by atoms with E-state index in [1.165, 1.54) is 0 Å². The molecule has 1 aromatic carbocycles. The van der Waals surface area contributed by atoms with Crippen LogP contribution in [0.4, 0.5) is 0 Å². The summed E-state index contributed by atoms with van der Waals surface area (Å²) in [5.41, 5.74) is 2.77. The zero-order valence-corrected chi connectivity index (χ0v) is 13.7. The maximum absolute atomic E-state index is 13.1. The molecule has 4 nitrogen and oxygen atoms in total. The van der Waals surface area contributed by atoms with Crippen molar-refractivity contribution in [1.29, 1.82) is 0 Å². The van der Waals surface area contributed by atoms with Crippen molar-refractivity contribution in [1.82, 2.24) is 9.62 Å². The van der Waals surface area contributed by atoms with Gasteiger partial charge in [-0.2, -0.15) is 4.31 Å². The lowest BCUT2D eigenvalue weighted by molar-refractivity contribution is 0.220. The van der Waals surface area contributed by atoms with E-state index in [0.29, 0.717) is 18.0 Å². The van der Waals surface area contributed by atoms with Gasteiger partial charge >= 0.3 is 0 Å². The van der Waals surface area contributed by atoms with Crippen molar-refractivity contribution in [3.8, 4) is 0 Å². The highest BCUT2D eigenvalue weighted by Gasteiger charge is 2.37. The van der Waals surface area contributed by atoms with E-state index >= 15 is 0 Å². The molecule has 2 unspecified atom stereocenters. The van der Waals surface area contributed by atoms with Crippen molar-refractivity contribution in [3.63, 3.8) is 0 Å². The molecule has 0 bridgehead atoms. The highest BCUT2D eigenvalue weighted by Crippen LogP contribution is 2.28. The number of nitrogens with zero attached hydrogens (tertiary/aromatic N) is 1. The number of nitrogens with one attached hydrogen (secondary N) is 1. The van der Waals surface area contributed by atoms with E-state index < -0.39 is 10.0 Å². The van der Waals surface area contributed by atoms with E-state index in [1.807, 2.05) is 46.8 Å². The van der Waals surface area contributed by atoms with Crippen LogP contribution in [0, 0.1) is 20.8 Å². The summed E-state index contributed by atoms with van der Waals surface area (Å²) in [6.45, 7) is 11.1. The third-order valence-electron chi connectivity index (χ3n) is 3.89. The number of rotatable bonds is 2. The molecule has 0 spiro atoms. The molecule has 112 valence electrons. The van der Waals surface area contributed by atoms with Gasteiger partial charge in [0, 0.05) is 25.2 Å². The van der Waals surface area contributed by atoms with Gasteiger partial charge in [-0.25, -0.2) is 8.42 Å². The van der Waals surface area contributed by atoms with Crippen LogP contribution in [0.3, 0.4) is 0 Å². The van der Waals surface area contributed by atoms with Crippen LogP contribution in [0.1, 0.15) is 30.5 Å². The van der Waals surface area contributed by atoms with Gasteiger partial charge in [-0.3, -0.25) is 0 Å². The predicted molar refractivity (Wildman–Crippen MR) is 81.5 cm³/mol. The highest BCUT2D eigenvalue weighted by atomic mass is 32.2. The summed E-state index contributed by atoms with van der Waals surface area (Å²) in [4.78, 5) is 0.476. The Kier molecular flexibility index (Phi) is 4.23. The molecule has 2 atom stereocenters. The topological polar surface area (TPSA) is 49.4 Å². The molecule has 1 aliphatic rings. The third-order valence-corrected chi connectivity index (χ3v) is 6.32. The van der Waals surface area contributed by atoms with Gasteiger partial charge in [-0.05, 0) is 45.7 Å². The molecule has 1 heterocycles. The molecule has 0 aliphatic carbocycles. The van der Waals surface area contributed by atoms with Crippen molar-refractivity contribution in [2.75, 3.05) is 13.1 Å². The summed E-state index contributed by atoms with van der Waals surface area (Å²) >= 11 is 0. The number of sulfonamides is 1. The molecule has 2 rings (SSSR count). The molecule has 1 fully saturated rings. The van der Waals surface area contributed by atoms with Crippen molar-refractivity contribution < 1.29 is 8.42 Å². The molecule has 0 radical (unpaired) electrons. The Morgan fingerprint density at radius 3 is 1.95 bits per heavy atom. The van der Waals surface area contributed by atoms with Gasteiger partial charge in [0.05, 0.1) is 4.90 Å². The summed E-state index contributed by atoms with van der Waals surface area (Å²) in [7, 11) is -3.45. The van der Waals surface area contributed by atoms with E-state index in [1.54, 1.807) is 4.31 Å². The van der Waals surface area contributed by atoms with E-state index in [2.05, 4.69) is 5.32 Å². The molecular formula is C15H24N2O2S. The minimum absolute atomic E-state index is 0.0242. The summed E-state index contributed by atoms with van der Waals surface area (Å²) in [6, 6.07) is 3.84. The number of benzene rings is 1. The van der Waals surface area contributed by atoms with Crippen molar-refractivity contribution >= 4 is 10.0 Å². The molecule has 1 aliphatic heterocycles. The summed E-state index contributed by atoms with van der Waals surface area (Å²) < 4.78 is 27.8. The number of hydrogen-bond donors (Lipinski definition) is 1. The maximum atomic E-state index is 13.1. The second kappa shape index (κ2) is 5.47. The quantitative estimate of drug-likeness (QED) is 0.908. The van der Waals surface area contributed by atoms with Gasteiger partial charge in [0.1, 0.15) is 0 Å². The molecular weight excluding hydrogens is 272 g/mol. The lowest BCUT2D eigenvalue weighted by Gasteiger charge is -2.38. The first-order valence-electron chi connectivity index (χ1n) is 7.07. The second-order valence-corrected chi connectivity index (χ2v) is 7.70. The van der Waals surface area contributed by atoms with Gasteiger partial charge in [0.25, 0.3) is 0 Å². The van der Waals surface area contributed by atoms with Gasteiger partial charge in [0.2, 0.25) is 10.0 Å². The van der Waals surface area contributed by atoms with Gasteiger partial charge in [-0.1, -0.05) is 17.7 Å². The molecule has 0 saturated carbocycles. The van der Waals surface area contributed by atoms with E-state index in [-0.39, 0.29) is 12.1 Å². The minimum atomic E-state index is -3.45. The molecule has 20 heavy (non-hydrogen) atoms. The molecule has 0 amide bonds. The summed E-state index contributed by atoms with van der Waals surface area (Å²) in [6.07, 6.45) is 0. The Morgan fingerprint density at radius 2 is 1.50 bits per heavy atom. The van der Waals surface area contributed by atoms with Crippen molar-refractivity contribution in [2.45, 2.75) is 51.6 Å². The third kappa shape index (κ3) is 2.62. The Labute approximate surface area is 122 Å². The monoisotopic (exact) mass is 296 g/mol. The lowest BCUT2D eigenvalue weighted by atomic mass is 10.1. The van der Waals surface area contributed by atoms with Crippen molar-refractivity contribution in [3.05, 3.63) is 28.8 Å². The van der Waals surface area contributed by atoms with Crippen LogP contribution >= 0.6 is 0 Å². The Hall–Kier alpha value is -0.910. The first-order chi connectivity index (χ1) is 9.25. The number of piperazine rings is 1. The molecule has 1 saturated heterocycles. The van der Waals surface area contributed by atoms with Crippen LogP contribution < -0.4 is 5.32 Å². The Bertz CT molecular complexity index is 577. The van der Waals surface area contributed by atoms with Gasteiger partial charge in [0.15, 0.2) is 0 Å². The number of aryl methyl sites for hydroxylation is 3. The Balaban J connectivity index is 2.55. The van der Waals surface area contributed by atoms with Crippen LogP contribution in [-0.4, -0.2) is 37.9 Å². The number of hydrogen-bond acceptors (Lipinski definition) is 3. The molecule has 1 N–H and O–H groups in total. The highest BCUT2D eigenvalue weighted by molar-refractivity contribution is 7.89. The smallest absolute Gasteiger partial charge is 0.244 e. The van der Waals surface area contributed by atoms with Crippen LogP contribution in [0.25, 0.3) is 0 Å². The average Bonchev–Trinajstić information content (AvgIpc) is 2.25. The molecule has 0 aromatic heterocycles. The fourth-order valence-electron chi connectivity index (χ4n) is 3.27. The maximum Gasteiger partial charge on any atom is 0.244 e. The van der Waals surface area contributed by atoms with Crippen LogP contribution in [0.15, 0.2) is 17.0 Å². The SMILES string of the molecule is Cc1cc(C)c(S(=O)(=O)N2C(C)CNCC2C)c(C)c1. The van der Waals surface area contributed by atoms with E-state index in [4.69, 9.17) is 0 Å². The molecule has 1 aromatic rings. The Morgan fingerprint density at radius 1 is 1.05 bits per heavy atom. The summed E-state index contributed by atoms with van der Waals surface area (Å²) in [5, 5.41) is 3.27. The zero-order chi connectivity index (χ0) is 15.1. The fraction of sp³-hybridized carbons (Fsp3) is 0.600. The minimum Gasteiger partial charge on any atom is -0.314 e. The van der Waals surface area contributed by atoms with Crippen LogP contribution in [0.5, 0.6) is 0 Å². The predicted octanol–water partition coefficient (Wildman–Crippen LogP) is 1.98.